The molecule has 278 valence electrons. The van der Waals surface area contributed by atoms with E-state index in [1.54, 1.807) is 24.3 Å². The first kappa shape index (κ1) is 37.0. The van der Waals surface area contributed by atoms with Crippen molar-refractivity contribution in [3.8, 4) is 0 Å². The van der Waals surface area contributed by atoms with Gasteiger partial charge in [0.2, 0.25) is 0 Å². The molecule has 2 saturated heterocycles. The van der Waals surface area contributed by atoms with Crippen LogP contribution in [0.3, 0.4) is 0 Å². The first-order valence-corrected chi connectivity index (χ1v) is 17.7. The molecule has 4 aromatic rings. The maximum absolute atomic E-state index is 13.1. The summed E-state index contributed by atoms with van der Waals surface area (Å²) >= 11 is 0. The van der Waals surface area contributed by atoms with Crippen molar-refractivity contribution in [3.05, 3.63) is 143 Å². The Balaban J connectivity index is 1.10. The molecule has 0 bridgehead atoms. The summed E-state index contributed by atoms with van der Waals surface area (Å²) in [6.45, 7) is -0.293. The summed E-state index contributed by atoms with van der Waals surface area (Å²) in [4.78, 5) is 27.2. The Morgan fingerprint density at radius 3 is 1.57 bits per heavy atom. The molecule has 4 aromatic carbocycles. The highest BCUT2D eigenvalue weighted by Gasteiger charge is 2.51. The predicted molar refractivity (Wildman–Crippen MR) is 189 cm³/mol. The zero-order valence-electron chi connectivity index (χ0n) is 29.0. The molecule has 7 rings (SSSR count). The lowest BCUT2D eigenvalue weighted by Gasteiger charge is -2.46. The van der Waals surface area contributed by atoms with Gasteiger partial charge in [0.15, 0.2) is 6.29 Å². The standard InChI is InChI=1S/C41H43NO11/c43-20-32-36(49-21-26-12-4-1-5-13-26)37(50-22-27-14-6-2-7-15-27)38(51-23-28-16-8-3-9-17-28)41(53-32)52-25-33-35(45)34(44)31(24-48-33)42-39(46)29-18-10-11-19-30(29)40(42)47/h1-19,31-38,41,43-45H,20-25H2/t31-,32+,33+,34+,35+,36-,37-,38+,41+/m0/s1. The van der Waals surface area contributed by atoms with Crippen molar-refractivity contribution in [2.75, 3.05) is 19.8 Å². The number of carbonyl (C=O) groups is 2. The van der Waals surface area contributed by atoms with E-state index in [9.17, 15) is 24.9 Å². The molecule has 53 heavy (non-hydrogen) atoms. The summed E-state index contributed by atoms with van der Waals surface area (Å²) in [6.07, 6.45) is -8.57. The number of aliphatic hydroxyl groups is 3. The maximum atomic E-state index is 13.1. The van der Waals surface area contributed by atoms with Gasteiger partial charge in [-0.3, -0.25) is 14.5 Å². The number of imide groups is 1. The first-order valence-electron chi connectivity index (χ1n) is 17.7. The second-order valence-electron chi connectivity index (χ2n) is 13.3. The lowest BCUT2D eigenvalue weighted by Crippen LogP contribution is -2.63. The van der Waals surface area contributed by atoms with Crippen molar-refractivity contribution in [2.45, 2.75) is 74.9 Å². The van der Waals surface area contributed by atoms with Crippen LogP contribution in [-0.2, 0) is 48.2 Å². The van der Waals surface area contributed by atoms with Crippen molar-refractivity contribution in [1.29, 1.82) is 0 Å². The molecule has 3 N–H and O–H groups in total. The van der Waals surface area contributed by atoms with Crippen LogP contribution in [0.4, 0.5) is 0 Å². The molecule has 0 aromatic heterocycles. The van der Waals surface area contributed by atoms with Crippen molar-refractivity contribution in [3.63, 3.8) is 0 Å². The van der Waals surface area contributed by atoms with Crippen LogP contribution >= 0.6 is 0 Å². The minimum absolute atomic E-state index is 0.179. The van der Waals surface area contributed by atoms with E-state index >= 15 is 0 Å². The van der Waals surface area contributed by atoms with Gasteiger partial charge in [-0.2, -0.15) is 0 Å². The average Bonchev–Trinajstić information content (AvgIpc) is 3.45. The Hall–Kier alpha value is -4.34. The highest BCUT2D eigenvalue weighted by atomic mass is 16.7. The van der Waals surface area contributed by atoms with Gasteiger partial charge < -0.3 is 43.7 Å². The zero-order valence-corrected chi connectivity index (χ0v) is 29.0. The van der Waals surface area contributed by atoms with E-state index in [1.165, 1.54) is 0 Å². The van der Waals surface area contributed by atoms with E-state index in [2.05, 4.69) is 0 Å². The second-order valence-corrected chi connectivity index (χ2v) is 13.3. The number of hydrogen-bond acceptors (Lipinski definition) is 11. The number of carbonyl (C=O) groups excluding carboxylic acids is 2. The summed E-state index contributed by atoms with van der Waals surface area (Å²) in [5, 5.41) is 33.0. The quantitative estimate of drug-likeness (QED) is 0.164. The number of amides is 2. The summed E-state index contributed by atoms with van der Waals surface area (Å²) in [5.41, 5.74) is 3.20. The molecule has 12 nitrogen and oxygen atoms in total. The maximum Gasteiger partial charge on any atom is 0.261 e. The molecule has 3 aliphatic heterocycles. The third-order valence-corrected chi connectivity index (χ3v) is 9.81. The Morgan fingerprint density at radius 2 is 1.06 bits per heavy atom. The number of hydrogen-bond donors (Lipinski definition) is 3. The summed E-state index contributed by atoms with van der Waals surface area (Å²) in [7, 11) is 0. The summed E-state index contributed by atoms with van der Waals surface area (Å²) in [5.74, 6) is -1.12. The summed E-state index contributed by atoms with van der Waals surface area (Å²) in [6, 6.07) is 34.1. The molecule has 0 aliphatic carbocycles. The van der Waals surface area contributed by atoms with E-state index in [0.29, 0.717) is 0 Å². The molecule has 0 spiro atoms. The van der Waals surface area contributed by atoms with Gasteiger partial charge in [0, 0.05) is 0 Å². The van der Waals surface area contributed by atoms with Crippen molar-refractivity contribution < 1.29 is 53.3 Å². The molecular formula is C41H43NO11. The first-order chi connectivity index (χ1) is 25.9. The van der Waals surface area contributed by atoms with E-state index in [4.69, 9.17) is 28.4 Å². The van der Waals surface area contributed by atoms with Gasteiger partial charge in [-0.15, -0.1) is 0 Å². The fraction of sp³-hybridized carbons (Fsp3) is 0.366. The van der Waals surface area contributed by atoms with E-state index in [1.807, 2.05) is 91.0 Å². The molecule has 0 radical (unpaired) electrons. The average molecular weight is 726 g/mol. The SMILES string of the molecule is O=C1c2ccccc2C(=O)N1[C@H]1CO[C@H](CO[C@@H]2O[C@H](CO)[C@H](OCc3ccccc3)[C@H](OCc3ccccc3)[C@H]2OCc2ccccc2)[C@@H](O)[C@@H]1O. The van der Waals surface area contributed by atoms with Crippen LogP contribution in [0.2, 0.25) is 0 Å². The van der Waals surface area contributed by atoms with Crippen LogP contribution in [0.25, 0.3) is 0 Å². The van der Waals surface area contributed by atoms with Crippen LogP contribution in [-0.4, -0.2) is 107 Å². The number of aliphatic hydroxyl groups excluding tert-OH is 3. The van der Waals surface area contributed by atoms with Gasteiger partial charge in [0.05, 0.1) is 56.8 Å². The number of nitrogens with zero attached hydrogens (tertiary/aromatic N) is 1. The van der Waals surface area contributed by atoms with Crippen LogP contribution in [0.5, 0.6) is 0 Å². The molecule has 12 heteroatoms. The van der Waals surface area contributed by atoms with Gasteiger partial charge in [0.1, 0.15) is 42.7 Å². The van der Waals surface area contributed by atoms with E-state index in [0.717, 1.165) is 21.6 Å². The lowest BCUT2D eigenvalue weighted by atomic mass is 9.96. The predicted octanol–water partition coefficient (Wildman–Crippen LogP) is 3.26. The fourth-order valence-electron chi connectivity index (χ4n) is 6.97. The fourth-order valence-corrected chi connectivity index (χ4v) is 6.97. The summed E-state index contributed by atoms with van der Waals surface area (Å²) < 4.78 is 38.1. The highest BCUT2D eigenvalue weighted by Crippen LogP contribution is 2.33. The number of rotatable bonds is 14. The Labute approximate surface area is 307 Å². The monoisotopic (exact) mass is 725 g/mol. The molecule has 3 heterocycles. The molecule has 2 fully saturated rings. The third-order valence-electron chi connectivity index (χ3n) is 9.81. The third kappa shape index (κ3) is 8.26. The highest BCUT2D eigenvalue weighted by molar-refractivity contribution is 6.21. The zero-order chi connectivity index (χ0) is 36.7. The smallest absolute Gasteiger partial charge is 0.261 e. The molecule has 2 amide bonds. The topological polar surface area (TPSA) is 153 Å². The molecule has 0 unspecified atom stereocenters. The Kier molecular flexibility index (Phi) is 12.0. The molecule has 3 aliphatic rings. The number of ether oxygens (including phenoxy) is 6. The number of benzene rings is 4. The molecule has 9 atom stereocenters. The van der Waals surface area contributed by atoms with Gasteiger partial charge >= 0.3 is 0 Å². The molecular weight excluding hydrogens is 682 g/mol. The minimum Gasteiger partial charge on any atom is -0.394 e. The lowest BCUT2D eigenvalue weighted by molar-refractivity contribution is -0.332. The van der Waals surface area contributed by atoms with Gasteiger partial charge in [-0.1, -0.05) is 103 Å². The van der Waals surface area contributed by atoms with Crippen LogP contribution in [0, 0.1) is 0 Å². The van der Waals surface area contributed by atoms with Gasteiger partial charge in [0.25, 0.3) is 11.8 Å². The Bertz CT molecular complexity index is 1760. The van der Waals surface area contributed by atoms with E-state index < -0.39 is 73.5 Å². The van der Waals surface area contributed by atoms with Crippen LogP contribution < -0.4 is 0 Å². The van der Waals surface area contributed by atoms with Crippen molar-refractivity contribution >= 4 is 11.8 Å². The second kappa shape index (κ2) is 17.2. The normalized spacial score (nSPS) is 28.6. The van der Waals surface area contributed by atoms with Crippen molar-refractivity contribution in [1.82, 2.24) is 4.90 Å². The van der Waals surface area contributed by atoms with Crippen LogP contribution in [0.15, 0.2) is 115 Å². The van der Waals surface area contributed by atoms with Crippen molar-refractivity contribution in [2.24, 2.45) is 0 Å². The largest absolute Gasteiger partial charge is 0.394 e. The Morgan fingerprint density at radius 1 is 0.585 bits per heavy atom. The van der Waals surface area contributed by atoms with E-state index in [-0.39, 0.29) is 44.2 Å². The van der Waals surface area contributed by atoms with Gasteiger partial charge in [-0.25, -0.2) is 0 Å². The number of fused-ring (bicyclic) bond motifs is 1. The molecule has 0 saturated carbocycles. The van der Waals surface area contributed by atoms with Gasteiger partial charge in [-0.05, 0) is 28.8 Å². The van der Waals surface area contributed by atoms with Crippen LogP contribution in [0.1, 0.15) is 37.4 Å². The minimum atomic E-state index is -1.52.